The lowest BCUT2D eigenvalue weighted by molar-refractivity contribution is 0.0951. The van der Waals surface area contributed by atoms with Crippen LogP contribution >= 0.6 is 0 Å². The molecule has 1 N–H and O–H groups in total. The van der Waals surface area contributed by atoms with Gasteiger partial charge in [-0.25, -0.2) is 9.97 Å². The average molecular weight is 396 g/mol. The molecule has 0 radical (unpaired) electrons. The first-order valence-electron chi connectivity index (χ1n) is 9.34. The van der Waals surface area contributed by atoms with Gasteiger partial charge in [0.2, 0.25) is 0 Å². The lowest BCUT2D eigenvalue weighted by Gasteiger charge is -2.09. The van der Waals surface area contributed by atoms with E-state index in [9.17, 15) is 4.79 Å². The van der Waals surface area contributed by atoms with Crippen molar-refractivity contribution >= 4 is 16.9 Å². The number of pyridine rings is 1. The molecular formula is C23H16N4O3. The van der Waals surface area contributed by atoms with Crippen molar-refractivity contribution in [2.24, 2.45) is 0 Å². The maximum atomic E-state index is 12.6. The number of benzene rings is 1. The lowest BCUT2D eigenvalue weighted by atomic mass is 10.1. The Morgan fingerprint density at radius 1 is 0.867 bits per heavy atom. The van der Waals surface area contributed by atoms with E-state index in [2.05, 4.69) is 10.3 Å². The summed E-state index contributed by atoms with van der Waals surface area (Å²) in [5, 5.41) is 2.90. The zero-order valence-corrected chi connectivity index (χ0v) is 15.8. The van der Waals surface area contributed by atoms with E-state index in [-0.39, 0.29) is 5.91 Å². The van der Waals surface area contributed by atoms with Gasteiger partial charge in [-0.15, -0.1) is 0 Å². The fraction of sp³-hybridized carbons (Fsp3) is 0.0435. The first-order chi connectivity index (χ1) is 14.8. The highest BCUT2D eigenvalue weighted by molar-refractivity contribution is 5.97. The number of hydrogen-bond acceptors (Lipinski definition) is 6. The second-order valence-electron chi connectivity index (χ2n) is 6.62. The summed E-state index contributed by atoms with van der Waals surface area (Å²) in [6, 6.07) is 16.2. The summed E-state index contributed by atoms with van der Waals surface area (Å²) in [7, 11) is 0. The van der Waals surface area contributed by atoms with Gasteiger partial charge in [0.05, 0.1) is 23.6 Å². The van der Waals surface area contributed by atoms with Gasteiger partial charge >= 0.3 is 0 Å². The van der Waals surface area contributed by atoms with Crippen LogP contribution in [0.15, 0.2) is 88.4 Å². The van der Waals surface area contributed by atoms with E-state index in [0.29, 0.717) is 46.0 Å². The van der Waals surface area contributed by atoms with E-state index in [0.717, 1.165) is 5.56 Å². The summed E-state index contributed by atoms with van der Waals surface area (Å²) in [4.78, 5) is 26.1. The number of hydrogen-bond donors (Lipinski definition) is 1. The normalized spacial score (nSPS) is 10.9. The van der Waals surface area contributed by atoms with Crippen LogP contribution < -0.4 is 5.32 Å². The molecule has 5 rings (SSSR count). The molecule has 4 aromatic heterocycles. The minimum Gasteiger partial charge on any atom is -0.463 e. The van der Waals surface area contributed by atoms with E-state index >= 15 is 0 Å². The molecule has 4 heterocycles. The van der Waals surface area contributed by atoms with Crippen LogP contribution in [0.5, 0.6) is 0 Å². The Kier molecular flexibility index (Phi) is 4.53. The molecule has 7 heteroatoms. The first-order valence-corrected chi connectivity index (χ1v) is 9.34. The van der Waals surface area contributed by atoms with Crippen LogP contribution in [0.1, 0.15) is 15.9 Å². The van der Waals surface area contributed by atoms with Gasteiger partial charge in [0.1, 0.15) is 11.4 Å². The Balaban J connectivity index is 1.51. The highest BCUT2D eigenvalue weighted by Crippen LogP contribution is 2.31. The largest absolute Gasteiger partial charge is 0.463 e. The molecule has 0 unspecified atom stereocenters. The zero-order chi connectivity index (χ0) is 20.3. The Labute approximate surface area is 171 Å². The van der Waals surface area contributed by atoms with Gasteiger partial charge in [0.25, 0.3) is 5.91 Å². The van der Waals surface area contributed by atoms with Crippen LogP contribution in [0.25, 0.3) is 33.9 Å². The van der Waals surface area contributed by atoms with Crippen LogP contribution in [0, 0.1) is 0 Å². The molecule has 0 atom stereocenters. The van der Waals surface area contributed by atoms with Crippen LogP contribution in [-0.2, 0) is 6.54 Å². The Morgan fingerprint density at radius 2 is 1.60 bits per heavy atom. The third-order valence-corrected chi connectivity index (χ3v) is 4.61. The topological polar surface area (TPSA) is 94.1 Å². The van der Waals surface area contributed by atoms with E-state index in [1.807, 2.05) is 24.3 Å². The average Bonchev–Trinajstić information content (AvgIpc) is 3.51. The first kappa shape index (κ1) is 17.8. The molecule has 0 aliphatic rings. The zero-order valence-electron chi connectivity index (χ0n) is 15.8. The maximum absolute atomic E-state index is 12.6. The Bertz CT molecular complexity index is 1300. The summed E-state index contributed by atoms with van der Waals surface area (Å²) >= 11 is 0. The van der Waals surface area contributed by atoms with Crippen LogP contribution in [-0.4, -0.2) is 20.9 Å². The van der Waals surface area contributed by atoms with Crippen LogP contribution in [0.2, 0.25) is 0 Å². The van der Waals surface area contributed by atoms with Gasteiger partial charge in [-0.2, -0.15) is 0 Å². The highest BCUT2D eigenvalue weighted by atomic mass is 16.3. The van der Waals surface area contributed by atoms with Gasteiger partial charge in [-0.3, -0.25) is 9.78 Å². The molecule has 0 aliphatic carbocycles. The molecule has 7 nitrogen and oxygen atoms in total. The molecule has 0 saturated heterocycles. The van der Waals surface area contributed by atoms with Gasteiger partial charge in [0, 0.05) is 24.5 Å². The molecule has 0 fully saturated rings. The molecule has 30 heavy (non-hydrogen) atoms. The monoisotopic (exact) mass is 396 g/mol. The van der Waals surface area contributed by atoms with E-state index in [1.165, 1.54) is 0 Å². The lowest BCUT2D eigenvalue weighted by Crippen LogP contribution is -2.22. The van der Waals surface area contributed by atoms with Crippen LogP contribution in [0.4, 0.5) is 0 Å². The molecule has 146 valence electrons. The van der Waals surface area contributed by atoms with Crippen molar-refractivity contribution in [1.82, 2.24) is 20.3 Å². The number of nitrogens with zero attached hydrogens (tertiary/aromatic N) is 3. The smallest absolute Gasteiger partial charge is 0.251 e. The number of carbonyl (C=O) groups is 1. The molecule has 1 amide bonds. The minimum absolute atomic E-state index is 0.197. The van der Waals surface area contributed by atoms with E-state index < -0.39 is 0 Å². The van der Waals surface area contributed by atoms with Crippen molar-refractivity contribution in [2.45, 2.75) is 6.54 Å². The Hall–Kier alpha value is -4.26. The maximum Gasteiger partial charge on any atom is 0.251 e. The summed E-state index contributed by atoms with van der Waals surface area (Å²) in [5.74, 6) is 0.966. The standard InChI is InChI=1S/C23H16N4O3/c28-23(25-14-15-4-1-9-24-13-15)16-7-8-17-18(12-16)27-22(20-6-3-11-30-20)21(26-17)19-5-2-10-29-19/h1-13H,14H2,(H,25,28). The van der Waals surface area contributed by atoms with Gasteiger partial charge in [0.15, 0.2) is 11.5 Å². The summed E-state index contributed by atoms with van der Waals surface area (Å²) in [6.45, 7) is 0.394. The number of rotatable bonds is 5. The Morgan fingerprint density at radius 3 is 2.23 bits per heavy atom. The van der Waals surface area contributed by atoms with Crippen molar-refractivity contribution in [3.05, 3.63) is 90.6 Å². The second kappa shape index (κ2) is 7.63. The van der Waals surface area contributed by atoms with Crippen molar-refractivity contribution in [3.8, 4) is 22.9 Å². The highest BCUT2D eigenvalue weighted by Gasteiger charge is 2.18. The molecule has 0 bridgehead atoms. The number of nitrogens with one attached hydrogen (secondary N) is 1. The molecule has 5 aromatic rings. The molecule has 0 saturated carbocycles. The summed E-state index contributed by atoms with van der Waals surface area (Å²) in [5.41, 5.74) is 3.80. The van der Waals surface area contributed by atoms with Crippen molar-refractivity contribution in [1.29, 1.82) is 0 Å². The third-order valence-electron chi connectivity index (χ3n) is 4.61. The van der Waals surface area contributed by atoms with Gasteiger partial charge in [-0.1, -0.05) is 6.07 Å². The molecule has 0 aliphatic heterocycles. The predicted molar refractivity (Wildman–Crippen MR) is 110 cm³/mol. The number of amides is 1. The third kappa shape index (κ3) is 3.44. The predicted octanol–water partition coefficient (Wildman–Crippen LogP) is 4.47. The summed E-state index contributed by atoms with van der Waals surface area (Å²) < 4.78 is 11.1. The molecule has 0 spiro atoms. The minimum atomic E-state index is -0.197. The van der Waals surface area contributed by atoms with Gasteiger partial charge < -0.3 is 14.2 Å². The van der Waals surface area contributed by atoms with E-state index in [4.69, 9.17) is 18.8 Å². The van der Waals surface area contributed by atoms with Crippen molar-refractivity contribution < 1.29 is 13.6 Å². The molecule has 1 aromatic carbocycles. The van der Waals surface area contributed by atoms with Crippen molar-refractivity contribution in [2.75, 3.05) is 0 Å². The fourth-order valence-corrected chi connectivity index (χ4v) is 3.15. The van der Waals surface area contributed by atoms with Gasteiger partial charge in [-0.05, 0) is 54.1 Å². The van der Waals surface area contributed by atoms with Crippen LogP contribution in [0.3, 0.4) is 0 Å². The van der Waals surface area contributed by atoms with E-state index in [1.54, 1.807) is 55.3 Å². The SMILES string of the molecule is O=C(NCc1cccnc1)c1ccc2nc(-c3ccco3)c(-c3ccco3)nc2c1. The number of fused-ring (bicyclic) bond motifs is 1. The number of carbonyl (C=O) groups excluding carboxylic acids is 1. The fourth-order valence-electron chi connectivity index (χ4n) is 3.15. The number of furan rings is 2. The number of aromatic nitrogens is 3. The second-order valence-corrected chi connectivity index (χ2v) is 6.62. The quantitative estimate of drug-likeness (QED) is 0.471. The van der Waals surface area contributed by atoms with Crippen molar-refractivity contribution in [3.63, 3.8) is 0 Å². The molecular weight excluding hydrogens is 380 g/mol. The summed E-state index contributed by atoms with van der Waals surface area (Å²) in [6.07, 6.45) is 6.58.